The van der Waals surface area contributed by atoms with Gasteiger partial charge < -0.3 is 10.6 Å². The van der Waals surface area contributed by atoms with E-state index in [1.54, 1.807) is 24.3 Å². The average Bonchev–Trinajstić information content (AvgIpc) is 2.45. The maximum atomic E-state index is 12.0. The minimum atomic E-state index is -0.298. The van der Waals surface area contributed by atoms with E-state index in [-0.39, 0.29) is 18.0 Å². The lowest BCUT2D eigenvalue weighted by atomic mass is 10.1. The molecular formula is C15H21N3O. The number of nitrogens with zero attached hydrogens (tertiary/aromatic N) is 1. The summed E-state index contributed by atoms with van der Waals surface area (Å²) in [5, 5.41) is 14.8. The highest BCUT2D eigenvalue weighted by atomic mass is 16.2. The van der Waals surface area contributed by atoms with Crippen molar-refractivity contribution in [1.82, 2.24) is 5.32 Å². The van der Waals surface area contributed by atoms with Crippen LogP contribution in [0.5, 0.6) is 0 Å². The Morgan fingerprint density at radius 3 is 2.32 bits per heavy atom. The van der Waals surface area contributed by atoms with Gasteiger partial charge in [-0.1, -0.05) is 13.8 Å². The van der Waals surface area contributed by atoms with Crippen molar-refractivity contribution in [2.75, 3.05) is 5.32 Å². The van der Waals surface area contributed by atoms with Crippen LogP contribution in [0.15, 0.2) is 24.3 Å². The van der Waals surface area contributed by atoms with Crippen LogP contribution in [0.4, 0.5) is 5.69 Å². The smallest absolute Gasteiger partial charge is 0.242 e. The first-order valence-corrected chi connectivity index (χ1v) is 6.67. The van der Waals surface area contributed by atoms with Crippen LogP contribution in [0.25, 0.3) is 0 Å². The zero-order valence-corrected chi connectivity index (χ0v) is 11.7. The van der Waals surface area contributed by atoms with Gasteiger partial charge in [-0.3, -0.25) is 4.79 Å². The molecule has 102 valence electrons. The first kappa shape index (κ1) is 15.0. The number of hydrogen-bond donors (Lipinski definition) is 2. The first-order valence-electron chi connectivity index (χ1n) is 6.67. The third-order valence-corrected chi connectivity index (χ3v) is 3.12. The van der Waals surface area contributed by atoms with Crippen LogP contribution in [0, 0.1) is 11.3 Å². The molecule has 0 saturated heterocycles. The highest BCUT2D eigenvalue weighted by Crippen LogP contribution is 2.10. The van der Waals surface area contributed by atoms with Crippen molar-refractivity contribution >= 4 is 11.6 Å². The van der Waals surface area contributed by atoms with E-state index in [0.29, 0.717) is 5.56 Å². The molecule has 0 saturated carbocycles. The molecule has 0 aliphatic heterocycles. The van der Waals surface area contributed by atoms with E-state index in [2.05, 4.69) is 30.6 Å². The van der Waals surface area contributed by atoms with Gasteiger partial charge in [-0.05, 0) is 44.0 Å². The summed E-state index contributed by atoms with van der Waals surface area (Å²) in [6.07, 6.45) is 1.87. The van der Waals surface area contributed by atoms with Crippen LogP contribution >= 0.6 is 0 Å². The van der Waals surface area contributed by atoms with Gasteiger partial charge in [-0.2, -0.15) is 5.26 Å². The standard InChI is InChI=1S/C15H21N3O/c1-4-13(5-2)18-15(19)11(3)17-14-8-6-12(10-16)7-9-14/h6-9,11,13,17H,4-5H2,1-3H3,(H,18,19). The third kappa shape index (κ3) is 4.63. The lowest BCUT2D eigenvalue weighted by molar-refractivity contribution is -0.122. The maximum Gasteiger partial charge on any atom is 0.242 e. The number of rotatable bonds is 6. The Bertz CT molecular complexity index is 443. The van der Waals surface area contributed by atoms with Crippen molar-refractivity contribution in [3.8, 4) is 6.07 Å². The molecule has 0 spiro atoms. The summed E-state index contributed by atoms with van der Waals surface area (Å²) in [6, 6.07) is 9.07. The molecule has 4 heteroatoms. The number of carbonyl (C=O) groups is 1. The van der Waals surface area contributed by atoms with Crippen LogP contribution in [0.2, 0.25) is 0 Å². The number of anilines is 1. The zero-order chi connectivity index (χ0) is 14.3. The summed E-state index contributed by atoms with van der Waals surface area (Å²) >= 11 is 0. The van der Waals surface area contributed by atoms with E-state index in [0.717, 1.165) is 18.5 Å². The van der Waals surface area contributed by atoms with Gasteiger partial charge in [0.05, 0.1) is 11.6 Å². The van der Waals surface area contributed by atoms with E-state index < -0.39 is 0 Å². The Morgan fingerprint density at radius 2 is 1.84 bits per heavy atom. The average molecular weight is 259 g/mol. The van der Waals surface area contributed by atoms with Crippen molar-refractivity contribution in [1.29, 1.82) is 5.26 Å². The minimum Gasteiger partial charge on any atom is -0.374 e. The van der Waals surface area contributed by atoms with Crippen molar-refractivity contribution in [3.05, 3.63) is 29.8 Å². The summed E-state index contributed by atoms with van der Waals surface area (Å²) in [5.74, 6) is -0.00180. The molecule has 1 atom stereocenters. The molecule has 0 radical (unpaired) electrons. The van der Waals surface area contributed by atoms with E-state index >= 15 is 0 Å². The number of nitrogens with one attached hydrogen (secondary N) is 2. The number of carbonyl (C=O) groups excluding carboxylic acids is 1. The second-order valence-electron chi connectivity index (χ2n) is 4.58. The molecule has 4 nitrogen and oxygen atoms in total. The molecule has 0 bridgehead atoms. The molecule has 1 amide bonds. The Morgan fingerprint density at radius 1 is 1.26 bits per heavy atom. The van der Waals surface area contributed by atoms with Gasteiger partial charge in [0.1, 0.15) is 6.04 Å². The monoisotopic (exact) mass is 259 g/mol. The molecular weight excluding hydrogens is 238 g/mol. The molecule has 0 aliphatic rings. The van der Waals surface area contributed by atoms with Crippen LogP contribution in [0.3, 0.4) is 0 Å². The maximum absolute atomic E-state index is 12.0. The van der Waals surface area contributed by atoms with E-state index in [4.69, 9.17) is 5.26 Å². The van der Waals surface area contributed by atoms with Gasteiger partial charge in [0.15, 0.2) is 0 Å². The van der Waals surface area contributed by atoms with Gasteiger partial charge in [-0.15, -0.1) is 0 Å². The predicted octanol–water partition coefficient (Wildman–Crippen LogP) is 2.66. The molecule has 0 fully saturated rings. The topological polar surface area (TPSA) is 64.9 Å². The Labute approximate surface area is 114 Å². The lowest BCUT2D eigenvalue weighted by Crippen LogP contribution is -2.42. The Balaban J connectivity index is 2.56. The summed E-state index contributed by atoms with van der Waals surface area (Å²) in [7, 11) is 0. The highest BCUT2D eigenvalue weighted by Gasteiger charge is 2.15. The number of benzene rings is 1. The number of amides is 1. The highest BCUT2D eigenvalue weighted by molar-refractivity contribution is 5.84. The number of hydrogen-bond acceptors (Lipinski definition) is 3. The second kappa shape index (κ2) is 7.42. The summed E-state index contributed by atoms with van der Waals surface area (Å²) in [5.41, 5.74) is 1.45. The lowest BCUT2D eigenvalue weighted by Gasteiger charge is -2.20. The van der Waals surface area contributed by atoms with Crippen molar-refractivity contribution in [2.45, 2.75) is 45.7 Å². The summed E-state index contributed by atoms with van der Waals surface area (Å²) in [6.45, 7) is 5.95. The fourth-order valence-corrected chi connectivity index (χ4v) is 1.78. The van der Waals surface area contributed by atoms with Crippen LogP contribution in [0.1, 0.15) is 39.2 Å². The minimum absolute atomic E-state index is 0.00180. The first-order chi connectivity index (χ1) is 9.10. The Hall–Kier alpha value is -2.02. The van der Waals surface area contributed by atoms with Crippen molar-refractivity contribution in [3.63, 3.8) is 0 Å². The van der Waals surface area contributed by atoms with Crippen LogP contribution in [-0.4, -0.2) is 18.0 Å². The third-order valence-electron chi connectivity index (χ3n) is 3.12. The SMILES string of the molecule is CCC(CC)NC(=O)C(C)Nc1ccc(C#N)cc1. The van der Waals surface area contributed by atoms with Gasteiger partial charge in [-0.25, -0.2) is 0 Å². The molecule has 0 heterocycles. The van der Waals surface area contributed by atoms with E-state index in [1.165, 1.54) is 0 Å². The molecule has 1 unspecified atom stereocenters. The summed E-state index contributed by atoms with van der Waals surface area (Å²) < 4.78 is 0. The summed E-state index contributed by atoms with van der Waals surface area (Å²) in [4.78, 5) is 12.0. The molecule has 1 rings (SSSR count). The van der Waals surface area contributed by atoms with Crippen molar-refractivity contribution in [2.24, 2.45) is 0 Å². The zero-order valence-electron chi connectivity index (χ0n) is 11.7. The van der Waals surface area contributed by atoms with Gasteiger partial charge in [0.2, 0.25) is 5.91 Å². The largest absolute Gasteiger partial charge is 0.374 e. The quantitative estimate of drug-likeness (QED) is 0.825. The molecule has 1 aromatic rings. The molecule has 19 heavy (non-hydrogen) atoms. The van der Waals surface area contributed by atoms with Gasteiger partial charge in [0.25, 0.3) is 0 Å². The number of nitriles is 1. The molecule has 0 aromatic heterocycles. The molecule has 1 aromatic carbocycles. The fraction of sp³-hybridized carbons (Fsp3) is 0.467. The Kier molecular flexibility index (Phi) is 5.87. The van der Waals surface area contributed by atoms with Gasteiger partial charge >= 0.3 is 0 Å². The van der Waals surface area contributed by atoms with E-state index in [9.17, 15) is 4.79 Å². The van der Waals surface area contributed by atoms with Crippen LogP contribution < -0.4 is 10.6 Å². The predicted molar refractivity (Wildman–Crippen MR) is 76.8 cm³/mol. The normalized spacial score (nSPS) is 11.7. The van der Waals surface area contributed by atoms with Crippen LogP contribution in [-0.2, 0) is 4.79 Å². The van der Waals surface area contributed by atoms with E-state index in [1.807, 2.05) is 6.92 Å². The second-order valence-corrected chi connectivity index (χ2v) is 4.58. The van der Waals surface area contributed by atoms with Gasteiger partial charge in [0, 0.05) is 11.7 Å². The molecule has 2 N–H and O–H groups in total. The van der Waals surface area contributed by atoms with Crippen molar-refractivity contribution < 1.29 is 4.79 Å². The fourth-order valence-electron chi connectivity index (χ4n) is 1.78. The molecule has 0 aliphatic carbocycles.